The number of aryl methyl sites for hydroxylation is 2. The van der Waals surface area contributed by atoms with E-state index in [1.807, 2.05) is 36.9 Å². The van der Waals surface area contributed by atoms with E-state index >= 15 is 0 Å². The monoisotopic (exact) mass is 337 g/mol. The van der Waals surface area contributed by atoms with Crippen molar-refractivity contribution in [2.24, 2.45) is 7.05 Å². The lowest BCUT2D eigenvalue weighted by molar-refractivity contribution is 0.294. The maximum absolute atomic E-state index is 5.85. The van der Waals surface area contributed by atoms with Crippen molar-refractivity contribution in [3.63, 3.8) is 0 Å². The highest BCUT2D eigenvalue weighted by molar-refractivity contribution is 9.10. The molecule has 1 heterocycles. The van der Waals surface area contributed by atoms with Crippen LogP contribution < -0.4 is 10.1 Å². The SMILES string of the molecule is CCNCc1cc(OCc2cc(C)nn2C)ccc1Br. The number of hydrogen-bond acceptors (Lipinski definition) is 3. The van der Waals surface area contributed by atoms with Crippen molar-refractivity contribution in [3.8, 4) is 5.75 Å². The van der Waals surface area contributed by atoms with Crippen molar-refractivity contribution in [1.82, 2.24) is 15.1 Å². The quantitative estimate of drug-likeness (QED) is 0.879. The van der Waals surface area contributed by atoms with E-state index in [1.165, 1.54) is 5.56 Å². The molecule has 0 bridgehead atoms. The molecule has 1 aromatic heterocycles. The van der Waals surface area contributed by atoms with E-state index in [1.54, 1.807) is 0 Å². The largest absolute Gasteiger partial charge is 0.487 e. The van der Waals surface area contributed by atoms with Gasteiger partial charge in [-0.05, 0) is 43.3 Å². The Morgan fingerprint density at radius 3 is 2.80 bits per heavy atom. The molecule has 1 aromatic carbocycles. The highest BCUT2D eigenvalue weighted by atomic mass is 79.9. The molecular weight excluding hydrogens is 318 g/mol. The van der Waals surface area contributed by atoms with E-state index in [0.717, 1.165) is 34.7 Å². The Hall–Kier alpha value is -1.33. The van der Waals surface area contributed by atoms with Crippen molar-refractivity contribution < 1.29 is 4.74 Å². The summed E-state index contributed by atoms with van der Waals surface area (Å²) in [5.74, 6) is 0.875. The lowest BCUT2D eigenvalue weighted by Gasteiger charge is -2.10. The van der Waals surface area contributed by atoms with Gasteiger partial charge in [0.2, 0.25) is 0 Å². The van der Waals surface area contributed by atoms with Gasteiger partial charge >= 0.3 is 0 Å². The predicted molar refractivity (Wildman–Crippen MR) is 83.8 cm³/mol. The maximum Gasteiger partial charge on any atom is 0.130 e. The first kappa shape index (κ1) is 15.1. The van der Waals surface area contributed by atoms with Crippen molar-refractivity contribution in [1.29, 1.82) is 0 Å². The van der Waals surface area contributed by atoms with Gasteiger partial charge in [0.1, 0.15) is 12.4 Å². The molecule has 0 aliphatic heterocycles. The number of nitrogens with zero attached hydrogens (tertiary/aromatic N) is 2. The highest BCUT2D eigenvalue weighted by Gasteiger charge is 2.05. The molecule has 108 valence electrons. The summed E-state index contributed by atoms with van der Waals surface area (Å²) in [7, 11) is 1.93. The molecular formula is C15H20BrN3O. The summed E-state index contributed by atoms with van der Waals surface area (Å²) in [6.45, 7) is 6.39. The van der Waals surface area contributed by atoms with Crippen LogP contribution in [-0.2, 0) is 20.2 Å². The van der Waals surface area contributed by atoms with Crippen molar-refractivity contribution in [2.45, 2.75) is 27.0 Å². The molecule has 0 radical (unpaired) electrons. The smallest absolute Gasteiger partial charge is 0.130 e. The maximum atomic E-state index is 5.85. The van der Waals surface area contributed by atoms with Gasteiger partial charge in [-0.1, -0.05) is 22.9 Å². The summed E-state index contributed by atoms with van der Waals surface area (Å²) in [6, 6.07) is 8.10. The van der Waals surface area contributed by atoms with E-state index in [-0.39, 0.29) is 0 Å². The van der Waals surface area contributed by atoms with E-state index in [9.17, 15) is 0 Å². The van der Waals surface area contributed by atoms with Crippen LogP contribution in [0, 0.1) is 6.92 Å². The molecule has 0 atom stereocenters. The van der Waals surface area contributed by atoms with Gasteiger partial charge in [-0.3, -0.25) is 4.68 Å². The second kappa shape index (κ2) is 6.90. The normalized spacial score (nSPS) is 10.8. The molecule has 0 aliphatic carbocycles. The van der Waals surface area contributed by atoms with Crippen LogP contribution in [0.15, 0.2) is 28.7 Å². The minimum absolute atomic E-state index is 0.527. The zero-order valence-corrected chi connectivity index (χ0v) is 13.7. The van der Waals surface area contributed by atoms with Gasteiger partial charge in [0, 0.05) is 18.1 Å². The molecule has 0 saturated carbocycles. The Kier molecular flexibility index (Phi) is 5.20. The predicted octanol–water partition coefficient (Wildman–Crippen LogP) is 3.18. The van der Waals surface area contributed by atoms with Gasteiger partial charge in [-0.2, -0.15) is 5.10 Å². The Morgan fingerprint density at radius 2 is 2.15 bits per heavy atom. The first-order valence-corrected chi connectivity index (χ1v) is 7.51. The Balaban J connectivity index is 2.04. The van der Waals surface area contributed by atoms with Gasteiger partial charge in [0.15, 0.2) is 0 Å². The van der Waals surface area contributed by atoms with Gasteiger partial charge in [0.25, 0.3) is 0 Å². The molecule has 5 heteroatoms. The molecule has 0 spiro atoms. The molecule has 0 amide bonds. The fourth-order valence-electron chi connectivity index (χ4n) is 1.99. The average Bonchev–Trinajstić information content (AvgIpc) is 2.74. The zero-order chi connectivity index (χ0) is 14.5. The molecule has 0 fully saturated rings. The number of ether oxygens (including phenoxy) is 1. The van der Waals surface area contributed by atoms with Crippen LogP contribution in [0.5, 0.6) is 5.75 Å². The number of nitrogens with one attached hydrogen (secondary N) is 1. The average molecular weight is 338 g/mol. The third kappa shape index (κ3) is 3.84. The second-order valence-electron chi connectivity index (χ2n) is 4.72. The molecule has 4 nitrogen and oxygen atoms in total. The second-order valence-corrected chi connectivity index (χ2v) is 5.58. The fraction of sp³-hybridized carbons (Fsp3) is 0.400. The summed E-state index contributed by atoms with van der Waals surface area (Å²) < 4.78 is 8.81. The summed E-state index contributed by atoms with van der Waals surface area (Å²) in [6.07, 6.45) is 0. The highest BCUT2D eigenvalue weighted by Crippen LogP contribution is 2.23. The molecule has 0 saturated heterocycles. The Morgan fingerprint density at radius 1 is 1.35 bits per heavy atom. The first-order valence-electron chi connectivity index (χ1n) is 6.71. The number of hydrogen-bond donors (Lipinski definition) is 1. The zero-order valence-electron chi connectivity index (χ0n) is 12.1. The molecule has 1 N–H and O–H groups in total. The molecule has 2 rings (SSSR count). The molecule has 2 aromatic rings. The number of aromatic nitrogens is 2. The van der Waals surface area contributed by atoms with Gasteiger partial charge in [0.05, 0.1) is 11.4 Å². The van der Waals surface area contributed by atoms with Crippen LogP contribution in [0.25, 0.3) is 0 Å². The van der Waals surface area contributed by atoms with Crippen molar-refractivity contribution in [3.05, 3.63) is 45.7 Å². The summed E-state index contributed by atoms with van der Waals surface area (Å²) in [5.41, 5.74) is 3.28. The van der Waals surface area contributed by atoms with E-state index in [4.69, 9.17) is 4.74 Å². The van der Waals surface area contributed by atoms with Crippen LogP contribution in [0.4, 0.5) is 0 Å². The topological polar surface area (TPSA) is 39.1 Å². The Bertz CT molecular complexity index is 580. The Labute approximate surface area is 128 Å². The third-order valence-corrected chi connectivity index (χ3v) is 3.84. The lowest BCUT2D eigenvalue weighted by Crippen LogP contribution is -2.12. The standard InChI is InChI=1S/C15H20BrN3O/c1-4-17-9-12-8-14(5-6-15(12)16)20-10-13-7-11(2)18-19(13)3/h5-8,17H,4,9-10H2,1-3H3. The number of halogens is 1. The lowest BCUT2D eigenvalue weighted by atomic mass is 10.2. The van der Waals surface area contributed by atoms with Gasteiger partial charge in [-0.15, -0.1) is 0 Å². The van der Waals surface area contributed by atoms with E-state index in [2.05, 4.69) is 39.3 Å². The molecule has 0 aliphatic rings. The van der Waals surface area contributed by atoms with Crippen LogP contribution in [-0.4, -0.2) is 16.3 Å². The van der Waals surface area contributed by atoms with Crippen molar-refractivity contribution >= 4 is 15.9 Å². The fourth-order valence-corrected chi connectivity index (χ4v) is 2.38. The number of benzene rings is 1. The van der Waals surface area contributed by atoms with E-state index in [0.29, 0.717) is 6.61 Å². The minimum Gasteiger partial charge on any atom is -0.487 e. The minimum atomic E-state index is 0.527. The molecule has 0 unspecified atom stereocenters. The van der Waals surface area contributed by atoms with Crippen LogP contribution in [0.3, 0.4) is 0 Å². The van der Waals surface area contributed by atoms with Crippen LogP contribution in [0.1, 0.15) is 23.9 Å². The summed E-state index contributed by atoms with van der Waals surface area (Å²) in [5, 5.41) is 7.63. The van der Waals surface area contributed by atoms with Gasteiger partial charge < -0.3 is 10.1 Å². The van der Waals surface area contributed by atoms with Crippen LogP contribution in [0.2, 0.25) is 0 Å². The summed E-state index contributed by atoms with van der Waals surface area (Å²) in [4.78, 5) is 0. The first-order chi connectivity index (χ1) is 9.60. The molecule has 20 heavy (non-hydrogen) atoms. The number of rotatable bonds is 6. The third-order valence-electron chi connectivity index (χ3n) is 3.07. The summed E-state index contributed by atoms with van der Waals surface area (Å²) >= 11 is 3.56. The van der Waals surface area contributed by atoms with Crippen LogP contribution >= 0.6 is 15.9 Å². The van der Waals surface area contributed by atoms with Crippen molar-refractivity contribution in [2.75, 3.05) is 6.54 Å². The van der Waals surface area contributed by atoms with Gasteiger partial charge in [-0.25, -0.2) is 0 Å². The van der Waals surface area contributed by atoms with E-state index < -0.39 is 0 Å².